The molecule has 1 aliphatic heterocycles. The molecule has 1 aromatic carbocycles. The fourth-order valence-electron chi connectivity index (χ4n) is 2.99. The van der Waals surface area contributed by atoms with E-state index in [4.69, 9.17) is 21.1 Å². The Morgan fingerprint density at radius 1 is 1.35 bits per heavy atom. The molecule has 0 spiro atoms. The largest absolute Gasteiger partial charge is 0.497 e. The highest BCUT2D eigenvalue weighted by molar-refractivity contribution is 6.33. The summed E-state index contributed by atoms with van der Waals surface area (Å²) >= 11 is 6.22. The van der Waals surface area contributed by atoms with E-state index in [1.165, 1.54) is 0 Å². The third kappa shape index (κ3) is 3.17. The molecule has 136 valence electrons. The molecular formula is C17H17ClFN5O2. The molecule has 0 bridgehead atoms. The summed E-state index contributed by atoms with van der Waals surface area (Å²) in [5.41, 5.74) is 1.36. The van der Waals surface area contributed by atoms with Gasteiger partial charge in [0.2, 0.25) is 0 Å². The van der Waals surface area contributed by atoms with Crippen molar-refractivity contribution in [3.05, 3.63) is 35.6 Å². The Morgan fingerprint density at radius 3 is 3.00 bits per heavy atom. The van der Waals surface area contributed by atoms with E-state index >= 15 is 0 Å². The average Bonchev–Trinajstić information content (AvgIpc) is 3.08. The number of ether oxygens (including phenoxy) is 2. The highest BCUT2D eigenvalue weighted by atomic mass is 35.5. The predicted octanol–water partition coefficient (Wildman–Crippen LogP) is 4.07. The number of fused-ring (bicyclic) bond motifs is 1. The molecule has 2 aromatic heterocycles. The first kappa shape index (κ1) is 17.0. The van der Waals surface area contributed by atoms with Crippen LogP contribution >= 0.6 is 11.6 Å². The van der Waals surface area contributed by atoms with E-state index in [2.05, 4.69) is 20.3 Å². The lowest BCUT2D eigenvalue weighted by molar-refractivity contribution is -0.0298. The van der Waals surface area contributed by atoms with Crippen LogP contribution in [0.2, 0.25) is 5.02 Å². The van der Waals surface area contributed by atoms with Gasteiger partial charge in [-0.25, -0.2) is 4.98 Å². The van der Waals surface area contributed by atoms with Crippen LogP contribution in [0.1, 0.15) is 25.5 Å². The Bertz CT molecular complexity index is 942. The van der Waals surface area contributed by atoms with E-state index in [0.29, 0.717) is 34.2 Å². The van der Waals surface area contributed by atoms with Crippen molar-refractivity contribution in [3.8, 4) is 5.75 Å². The van der Waals surface area contributed by atoms with Crippen LogP contribution in [0, 0.1) is 6.08 Å². The minimum Gasteiger partial charge on any atom is -0.497 e. The van der Waals surface area contributed by atoms with Gasteiger partial charge in [0.15, 0.2) is 17.0 Å². The van der Waals surface area contributed by atoms with E-state index in [1.54, 1.807) is 36.2 Å². The molecule has 1 N–H and O–H groups in total. The molecule has 0 radical (unpaired) electrons. The summed E-state index contributed by atoms with van der Waals surface area (Å²) in [6.45, 7) is 0.669. The number of methoxy groups -OCH3 is 1. The van der Waals surface area contributed by atoms with Gasteiger partial charge in [-0.2, -0.15) is 14.4 Å². The minimum atomic E-state index is -0.850. The molecular weight excluding hydrogens is 361 g/mol. The van der Waals surface area contributed by atoms with E-state index in [-0.39, 0.29) is 12.0 Å². The lowest BCUT2D eigenvalue weighted by atomic mass is 10.2. The first-order chi connectivity index (χ1) is 12.7. The van der Waals surface area contributed by atoms with E-state index in [9.17, 15) is 4.39 Å². The first-order valence-corrected chi connectivity index (χ1v) is 8.66. The molecule has 1 saturated heterocycles. The fraction of sp³-hybridized carbons (Fsp3) is 0.353. The molecule has 1 unspecified atom stereocenters. The van der Waals surface area contributed by atoms with Gasteiger partial charge >= 0.3 is 6.08 Å². The summed E-state index contributed by atoms with van der Waals surface area (Å²) in [5.74, 6) is 0.848. The number of hydrogen-bond donors (Lipinski definition) is 1. The van der Waals surface area contributed by atoms with Gasteiger partial charge in [0, 0.05) is 12.7 Å². The molecule has 1 atom stereocenters. The van der Waals surface area contributed by atoms with Gasteiger partial charge in [0.1, 0.15) is 12.0 Å². The summed E-state index contributed by atoms with van der Waals surface area (Å²) in [7, 11) is 1.56. The summed E-state index contributed by atoms with van der Waals surface area (Å²) in [4.78, 5) is 12.1. The topological polar surface area (TPSA) is 74.1 Å². The van der Waals surface area contributed by atoms with Crippen LogP contribution in [0.4, 0.5) is 15.9 Å². The van der Waals surface area contributed by atoms with Gasteiger partial charge in [0.25, 0.3) is 0 Å². The standard InChI is InChI=1S/C17H17ClFN5O2/c1-25-10-5-6-11(18)12(8-10)21-15-14-16(23-17(19)22-15)24(9-20-14)13-4-2-3-7-26-13/h5-6,8-9,13H,2-4,7H2,1H3,(H,21,22,23). The highest BCUT2D eigenvalue weighted by Crippen LogP contribution is 2.32. The molecule has 0 aliphatic carbocycles. The minimum absolute atomic E-state index is 0.198. The van der Waals surface area contributed by atoms with Crippen molar-refractivity contribution >= 4 is 34.3 Å². The second-order valence-electron chi connectivity index (χ2n) is 5.96. The summed E-state index contributed by atoms with van der Waals surface area (Å²) in [6, 6.07) is 5.13. The second-order valence-corrected chi connectivity index (χ2v) is 6.36. The van der Waals surface area contributed by atoms with Crippen LogP contribution in [-0.4, -0.2) is 33.2 Å². The number of rotatable bonds is 4. The van der Waals surface area contributed by atoms with Crippen LogP contribution in [0.25, 0.3) is 11.2 Å². The zero-order valence-electron chi connectivity index (χ0n) is 14.1. The van der Waals surface area contributed by atoms with Gasteiger partial charge in [-0.15, -0.1) is 0 Å². The molecule has 0 amide bonds. The number of nitrogens with one attached hydrogen (secondary N) is 1. The van der Waals surface area contributed by atoms with Crippen LogP contribution in [0.15, 0.2) is 24.5 Å². The van der Waals surface area contributed by atoms with Crippen molar-refractivity contribution in [1.82, 2.24) is 19.5 Å². The van der Waals surface area contributed by atoms with Gasteiger partial charge in [-0.05, 0) is 31.4 Å². The zero-order chi connectivity index (χ0) is 18.1. The molecule has 7 nitrogen and oxygen atoms in total. The number of halogens is 2. The van der Waals surface area contributed by atoms with Crippen LogP contribution in [0.3, 0.4) is 0 Å². The number of hydrogen-bond acceptors (Lipinski definition) is 6. The summed E-state index contributed by atoms with van der Waals surface area (Å²) in [5, 5.41) is 3.48. The number of aromatic nitrogens is 4. The Hall–Kier alpha value is -2.45. The van der Waals surface area contributed by atoms with Crippen molar-refractivity contribution in [2.45, 2.75) is 25.5 Å². The lowest BCUT2D eigenvalue weighted by Crippen LogP contribution is -2.18. The molecule has 9 heteroatoms. The van der Waals surface area contributed by atoms with Gasteiger partial charge in [-0.3, -0.25) is 4.57 Å². The highest BCUT2D eigenvalue weighted by Gasteiger charge is 2.21. The summed E-state index contributed by atoms with van der Waals surface area (Å²) < 4.78 is 26.8. The maximum atomic E-state index is 14.1. The van der Waals surface area contributed by atoms with E-state index < -0.39 is 6.08 Å². The number of anilines is 2. The van der Waals surface area contributed by atoms with Crippen molar-refractivity contribution in [2.75, 3.05) is 19.0 Å². The lowest BCUT2D eigenvalue weighted by Gasteiger charge is -2.23. The first-order valence-electron chi connectivity index (χ1n) is 8.28. The molecule has 3 aromatic rings. The van der Waals surface area contributed by atoms with Crippen molar-refractivity contribution in [2.24, 2.45) is 0 Å². The van der Waals surface area contributed by atoms with Crippen molar-refractivity contribution < 1.29 is 13.9 Å². The molecule has 3 heterocycles. The number of nitrogens with zero attached hydrogens (tertiary/aromatic N) is 4. The molecule has 1 fully saturated rings. The monoisotopic (exact) mass is 377 g/mol. The van der Waals surface area contributed by atoms with Crippen LogP contribution < -0.4 is 10.1 Å². The molecule has 4 rings (SSSR count). The number of imidazole rings is 1. The van der Waals surface area contributed by atoms with Crippen LogP contribution in [-0.2, 0) is 4.74 Å². The van der Waals surface area contributed by atoms with Gasteiger partial charge in [0.05, 0.1) is 24.1 Å². The Labute approximate surface area is 154 Å². The Kier molecular flexibility index (Phi) is 4.60. The third-order valence-corrected chi connectivity index (χ3v) is 4.62. The molecule has 0 saturated carbocycles. The maximum absolute atomic E-state index is 14.1. The van der Waals surface area contributed by atoms with Crippen molar-refractivity contribution in [1.29, 1.82) is 0 Å². The van der Waals surface area contributed by atoms with Gasteiger partial charge in [-0.1, -0.05) is 11.6 Å². The normalized spacial score (nSPS) is 17.4. The van der Waals surface area contributed by atoms with Gasteiger partial charge < -0.3 is 14.8 Å². The average molecular weight is 378 g/mol. The Morgan fingerprint density at radius 2 is 2.23 bits per heavy atom. The van der Waals surface area contributed by atoms with E-state index in [0.717, 1.165) is 19.3 Å². The number of benzene rings is 1. The van der Waals surface area contributed by atoms with E-state index in [1.807, 2.05) is 0 Å². The summed E-state index contributed by atoms with van der Waals surface area (Å²) in [6.07, 6.45) is 3.46. The van der Waals surface area contributed by atoms with Crippen LogP contribution in [0.5, 0.6) is 5.75 Å². The zero-order valence-corrected chi connectivity index (χ0v) is 14.8. The Balaban J connectivity index is 1.75. The smallest absolute Gasteiger partial charge is 0.312 e. The third-order valence-electron chi connectivity index (χ3n) is 4.29. The SMILES string of the molecule is COc1ccc(Cl)c(Nc2nc(F)nc3c2ncn3C2CCCCO2)c1. The predicted molar refractivity (Wildman–Crippen MR) is 95.4 cm³/mol. The maximum Gasteiger partial charge on any atom is 0.312 e. The molecule has 1 aliphatic rings. The second kappa shape index (κ2) is 7.05. The quantitative estimate of drug-likeness (QED) is 0.691. The molecule has 26 heavy (non-hydrogen) atoms. The van der Waals surface area contributed by atoms with Crippen molar-refractivity contribution in [3.63, 3.8) is 0 Å². The fourth-order valence-corrected chi connectivity index (χ4v) is 3.15.